The van der Waals surface area contributed by atoms with Gasteiger partial charge in [0, 0.05) is 11.6 Å². The highest BCUT2D eigenvalue weighted by atomic mass is 16.5. The number of ether oxygens (including phenoxy) is 1. The maximum atomic E-state index is 11.9. The lowest BCUT2D eigenvalue weighted by atomic mass is 10.2. The molecule has 0 saturated carbocycles. The molecule has 1 aromatic heterocycles. The van der Waals surface area contributed by atoms with Crippen LogP contribution in [0.2, 0.25) is 0 Å². The number of nitrogens with one attached hydrogen (secondary N) is 2. The molecule has 116 valence electrons. The Labute approximate surface area is 134 Å². The van der Waals surface area contributed by atoms with Crippen LogP contribution in [-0.4, -0.2) is 23.0 Å². The Hall–Kier alpha value is -3.08. The Morgan fingerprint density at radius 2 is 2.00 bits per heavy atom. The molecule has 0 spiro atoms. The molecule has 0 aliphatic heterocycles. The first kappa shape index (κ1) is 14.8. The van der Waals surface area contributed by atoms with Crippen LogP contribution in [-0.2, 0) is 11.3 Å². The van der Waals surface area contributed by atoms with Crippen LogP contribution in [0.1, 0.15) is 11.4 Å². The van der Waals surface area contributed by atoms with Gasteiger partial charge in [0.25, 0.3) is 0 Å². The number of carbonyl (C=O) groups excluding carboxylic acids is 1. The van der Waals surface area contributed by atoms with Crippen molar-refractivity contribution >= 4 is 23.0 Å². The molecule has 23 heavy (non-hydrogen) atoms. The Kier molecular flexibility index (Phi) is 4.38. The number of aromatic amines is 1. The number of hydrogen-bond donors (Lipinski definition) is 2. The number of amides is 1. The number of aromatic nitrogens is 2. The van der Waals surface area contributed by atoms with Crippen molar-refractivity contribution in [2.75, 3.05) is 7.11 Å². The second-order valence-electron chi connectivity index (χ2n) is 4.99. The van der Waals surface area contributed by atoms with Crippen molar-refractivity contribution in [3.63, 3.8) is 0 Å². The fourth-order valence-corrected chi connectivity index (χ4v) is 2.29. The van der Waals surface area contributed by atoms with Gasteiger partial charge in [-0.05, 0) is 24.3 Å². The molecule has 0 unspecified atom stereocenters. The first-order valence-electron chi connectivity index (χ1n) is 7.29. The Morgan fingerprint density at radius 3 is 2.83 bits per heavy atom. The summed E-state index contributed by atoms with van der Waals surface area (Å²) in [7, 11) is 1.61. The third-order valence-corrected chi connectivity index (χ3v) is 3.42. The molecule has 3 rings (SSSR count). The van der Waals surface area contributed by atoms with E-state index >= 15 is 0 Å². The number of hydrogen-bond acceptors (Lipinski definition) is 3. The number of benzene rings is 2. The van der Waals surface area contributed by atoms with Gasteiger partial charge in [-0.3, -0.25) is 4.79 Å². The standard InChI is InChI=1S/C18H17N3O2/c1-23-16-9-5-2-6-13(16)10-11-18(22)19-12-17-20-14-7-3-4-8-15(14)21-17/h2-11H,12H2,1H3,(H,19,22)(H,20,21). The minimum Gasteiger partial charge on any atom is -0.496 e. The number of carbonyl (C=O) groups is 1. The first-order valence-corrected chi connectivity index (χ1v) is 7.29. The van der Waals surface area contributed by atoms with Gasteiger partial charge in [0.2, 0.25) is 5.91 Å². The molecule has 0 radical (unpaired) electrons. The lowest BCUT2D eigenvalue weighted by Crippen LogP contribution is -2.20. The van der Waals surface area contributed by atoms with Crippen LogP contribution in [0.3, 0.4) is 0 Å². The number of H-pyrrole nitrogens is 1. The van der Waals surface area contributed by atoms with E-state index in [0.717, 1.165) is 28.2 Å². The van der Waals surface area contributed by atoms with Crippen molar-refractivity contribution in [3.8, 4) is 5.75 Å². The smallest absolute Gasteiger partial charge is 0.244 e. The fraction of sp³-hybridized carbons (Fsp3) is 0.111. The van der Waals surface area contributed by atoms with Crippen LogP contribution in [0.5, 0.6) is 5.75 Å². The molecule has 0 aliphatic carbocycles. The molecule has 0 fully saturated rings. The number of imidazole rings is 1. The first-order chi connectivity index (χ1) is 11.3. The van der Waals surface area contributed by atoms with Gasteiger partial charge in [0.05, 0.1) is 24.7 Å². The average molecular weight is 307 g/mol. The largest absolute Gasteiger partial charge is 0.496 e. The molecule has 2 aromatic carbocycles. The lowest BCUT2D eigenvalue weighted by molar-refractivity contribution is -0.116. The number of fused-ring (bicyclic) bond motifs is 1. The molecule has 0 bridgehead atoms. The second kappa shape index (κ2) is 6.79. The average Bonchev–Trinajstić information content (AvgIpc) is 3.01. The number of para-hydroxylation sites is 3. The van der Waals surface area contributed by atoms with Gasteiger partial charge in [0.15, 0.2) is 0 Å². The topological polar surface area (TPSA) is 67.0 Å². The van der Waals surface area contributed by atoms with E-state index in [2.05, 4.69) is 15.3 Å². The number of rotatable bonds is 5. The minimum atomic E-state index is -0.184. The van der Waals surface area contributed by atoms with Gasteiger partial charge < -0.3 is 15.0 Å². The zero-order valence-electron chi connectivity index (χ0n) is 12.7. The van der Waals surface area contributed by atoms with Crippen LogP contribution in [0.25, 0.3) is 17.1 Å². The normalized spacial score (nSPS) is 11.0. The van der Waals surface area contributed by atoms with Gasteiger partial charge in [-0.2, -0.15) is 0 Å². The van der Waals surface area contributed by atoms with Crippen molar-refractivity contribution < 1.29 is 9.53 Å². The van der Waals surface area contributed by atoms with Crippen LogP contribution in [0, 0.1) is 0 Å². The molecule has 0 aliphatic rings. The maximum Gasteiger partial charge on any atom is 0.244 e. The highest BCUT2D eigenvalue weighted by molar-refractivity contribution is 5.92. The van der Waals surface area contributed by atoms with Crippen LogP contribution < -0.4 is 10.1 Å². The van der Waals surface area contributed by atoms with Crippen molar-refractivity contribution in [2.24, 2.45) is 0 Å². The van der Waals surface area contributed by atoms with E-state index in [1.807, 2.05) is 48.5 Å². The van der Waals surface area contributed by atoms with Gasteiger partial charge >= 0.3 is 0 Å². The molecule has 3 aromatic rings. The minimum absolute atomic E-state index is 0.184. The van der Waals surface area contributed by atoms with Crippen molar-refractivity contribution in [2.45, 2.75) is 6.54 Å². The van der Waals surface area contributed by atoms with Crippen LogP contribution in [0.4, 0.5) is 0 Å². The molecule has 0 saturated heterocycles. The maximum absolute atomic E-state index is 11.9. The van der Waals surface area contributed by atoms with E-state index in [4.69, 9.17) is 4.74 Å². The summed E-state index contributed by atoms with van der Waals surface area (Å²) in [6, 6.07) is 15.3. The zero-order chi connectivity index (χ0) is 16.1. The summed E-state index contributed by atoms with van der Waals surface area (Å²) in [5.41, 5.74) is 2.71. The SMILES string of the molecule is COc1ccccc1C=CC(=O)NCc1nc2ccccc2[nH]1. The van der Waals surface area contributed by atoms with Crippen molar-refractivity contribution in [1.82, 2.24) is 15.3 Å². The molecular formula is C18H17N3O2. The van der Waals surface area contributed by atoms with E-state index in [1.165, 1.54) is 6.08 Å². The monoisotopic (exact) mass is 307 g/mol. The molecular weight excluding hydrogens is 290 g/mol. The van der Waals surface area contributed by atoms with Crippen molar-refractivity contribution in [3.05, 3.63) is 66.0 Å². The third-order valence-electron chi connectivity index (χ3n) is 3.42. The summed E-state index contributed by atoms with van der Waals surface area (Å²) in [5, 5.41) is 2.81. The molecule has 2 N–H and O–H groups in total. The summed E-state index contributed by atoms with van der Waals surface area (Å²) in [6.07, 6.45) is 3.22. The lowest BCUT2D eigenvalue weighted by Gasteiger charge is -2.03. The molecule has 5 nitrogen and oxygen atoms in total. The summed E-state index contributed by atoms with van der Waals surface area (Å²) >= 11 is 0. The van der Waals surface area contributed by atoms with E-state index in [-0.39, 0.29) is 5.91 Å². The molecule has 1 amide bonds. The van der Waals surface area contributed by atoms with Gasteiger partial charge in [0.1, 0.15) is 11.6 Å². The van der Waals surface area contributed by atoms with Crippen molar-refractivity contribution in [1.29, 1.82) is 0 Å². The second-order valence-corrected chi connectivity index (χ2v) is 4.99. The van der Waals surface area contributed by atoms with Crippen LogP contribution >= 0.6 is 0 Å². The van der Waals surface area contributed by atoms with E-state index in [1.54, 1.807) is 13.2 Å². The number of nitrogens with zero attached hydrogens (tertiary/aromatic N) is 1. The zero-order valence-corrected chi connectivity index (χ0v) is 12.7. The molecule has 5 heteroatoms. The predicted octanol–water partition coefficient (Wildman–Crippen LogP) is 2.90. The summed E-state index contributed by atoms with van der Waals surface area (Å²) < 4.78 is 5.24. The summed E-state index contributed by atoms with van der Waals surface area (Å²) in [4.78, 5) is 19.5. The van der Waals surface area contributed by atoms with E-state index in [9.17, 15) is 4.79 Å². The Bertz CT molecular complexity index is 819. The highest BCUT2D eigenvalue weighted by Crippen LogP contribution is 2.18. The Balaban J connectivity index is 1.62. The quantitative estimate of drug-likeness (QED) is 0.712. The molecule has 0 atom stereocenters. The van der Waals surface area contributed by atoms with Crippen LogP contribution in [0.15, 0.2) is 54.6 Å². The van der Waals surface area contributed by atoms with Gasteiger partial charge in [-0.1, -0.05) is 30.3 Å². The Morgan fingerprint density at radius 1 is 1.22 bits per heavy atom. The molecule has 1 heterocycles. The fourth-order valence-electron chi connectivity index (χ4n) is 2.29. The van der Waals surface area contributed by atoms with Gasteiger partial charge in [-0.15, -0.1) is 0 Å². The number of methoxy groups -OCH3 is 1. The van der Waals surface area contributed by atoms with E-state index < -0.39 is 0 Å². The summed E-state index contributed by atoms with van der Waals surface area (Å²) in [5.74, 6) is 1.27. The highest BCUT2D eigenvalue weighted by Gasteiger charge is 2.03. The van der Waals surface area contributed by atoms with E-state index in [0.29, 0.717) is 6.54 Å². The summed E-state index contributed by atoms with van der Waals surface area (Å²) in [6.45, 7) is 0.351. The predicted molar refractivity (Wildman–Crippen MR) is 90.0 cm³/mol. The van der Waals surface area contributed by atoms with Gasteiger partial charge in [-0.25, -0.2) is 4.98 Å². The third kappa shape index (κ3) is 3.58.